The predicted octanol–water partition coefficient (Wildman–Crippen LogP) is 4.67. The number of thioether (sulfide) groups is 1. The Hall–Kier alpha value is -2.55. The Labute approximate surface area is 149 Å². The van der Waals surface area contributed by atoms with E-state index in [-0.39, 0.29) is 5.91 Å². The first-order chi connectivity index (χ1) is 11.8. The number of carbonyl (C=O) groups excluding carboxylic acids is 1. The zero-order valence-corrected chi connectivity index (χ0v) is 14.4. The highest BCUT2D eigenvalue weighted by atomic mass is 32.2. The number of rotatable bonds is 5. The molecule has 1 N–H and O–H groups in total. The second-order valence-corrected chi connectivity index (χ2v) is 6.68. The first-order valence-corrected chi connectivity index (χ1v) is 9.16. The molecular weight excluding hydrogens is 336 g/mol. The topological polar surface area (TPSA) is 42.0 Å². The number of amides is 1. The number of nitrogens with one attached hydrogen (secondary N) is 1. The molecular formula is C19H14N2OS2. The number of hydrogen-bond acceptors (Lipinski definition) is 4. The zero-order chi connectivity index (χ0) is 16.8. The van der Waals surface area contributed by atoms with Crippen LogP contribution in [0.3, 0.4) is 0 Å². The molecule has 0 spiro atoms. The summed E-state index contributed by atoms with van der Waals surface area (Å²) < 4.78 is 0. The van der Waals surface area contributed by atoms with Crippen molar-refractivity contribution in [3.63, 3.8) is 0 Å². The van der Waals surface area contributed by atoms with Crippen molar-refractivity contribution in [2.75, 3.05) is 5.32 Å². The minimum absolute atomic E-state index is 0.148. The maximum Gasteiger partial charge on any atom is 0.256 e. The van der Waals surface area contributed by atoms with Gasteiger partial charge in [0.1, 0.15) is 0 Å². The van der Waals surface area contributed by atoms with Crippen molar-refractivity contribution in [3.8, 4) is 12.3 Å². The Bertz CT molecular complexity index is 882. The van der Waals surface area contributed by atoms with Crippen molar-refractivity contribution >= 4 is 34.7 Å². The van der Waals surface area contributed by atoms with Crippen molar-refractivity contribution in [1.82, 2.24) is 4.98 Å². The maximum absolute atomic E-state index is 12.6. The number of carbonyl (C=O) groups is 1. The van der Waals surface area contributed by atoms with E-state index in [9.17, 15) is 4.79 Å². The fourth-order valence-corrected chi connectivity index (χ4v) is 3.74. The molecule has 118 valence electrons. The van der Waals surface area contributed by atoms with Crippen LogP contribution in [0.5, 0.6) is 0 Å². The Morgan fingerprint density at radius 1 is 1.25 bits per heavy atom. The lowest BCUT2D eigenvalue weighted by molar-refractivity contribution is 0.102. The Morgan fingerprint density at radius 2 is 2.12 bits per heavy atom. The van der Waals surface area contributed by atoms with Crippen LogP contribution in [0, 0.1) is 12.3 Å². The molecule has 0 aliphatic heterocycles. The van der Waals surface area contributed by atoms with Gasteiger partial charge in [0.15, 0.2) is 0 Å². The van der Waals surface area contributed by atoms with Gasteiger partial charge in [-0.05, 0) is 30.3 Å². The van der Waals surface area contributed by atoms with Gasteiger partial charge in [-0.15, -0.1) is 29.5 Å². The molecule has 0 atom stereocenters. The highest BCUT2D eigenvalue weighted by Crippen LogP contribution is 2.27. The van der Waals surface area contributed by atoms with E-state index < -0.39 is 0 Å². The van der Waals surface area contributed by atoms with E-state index in [0.29, 0.717) is 11.3 Å². The molecule has 1 aromatic heterocycles. The smallest absolute Gasteiger partial charge is 0.256 e. The fourth-order valence-electron chi connectivity index (χ4n) is 2.13. The first-order valence-electron chi connectivity index (χ1n) is 7.23. The molecule has 3 nitrogen and oxygen atoms in total. The summed E-state index contributed by atoms with van der Waals surface area (Å²) in [5, 5.41) is 4.92. The van der Waals surface area contributed by atoms with Gasteiger partial charge in [-0.2, -0.15) is 0 Å². The molecule has 5 heteroatoms. The summed E-state index contributed by atoms with van der Waals surface area (Å²) in [7, 11) is 0. The van der Waals surface area contributed by atoms with Crippen LogP contribution in [0.1, 0.15) is 21.6 Å². The van der Waals surface area contributed by atoms with Crippen LogP contribution in [0.4, 0.5) is 5.69 Å². The average Bonchev–Trinajstić information content (AvgIpc) is 3.14. The van der Waals surface area contributed by atoms with Crippen LogP contribution in [-0.4, -0.2) is 10.9 Å². The highest BCUT2D eigenvalue weighted by molar-refractivity contribution is 7.98. The van der Waals surface area contributed by atoms with Crippen LogP contribution in [-0.2, 0) is 5.75 Å². The minimum atomic E-state index is -0.148. The van der Waals surface area contributed by atoms with E-state index in [0.717, 1.165) is 21.9 Å². The summed E-state index contributed by atoms with van der Waals surface area (Å²) in [5.41, 5.74) is 4.90. The summed E-state index contributed by atoms with van der Waals surface area (Å²) in [6.07, 6.45) is 5.40. The van der Waals surface area contributed by atoms with Gasteiger partial charge in [0.25, 0.3) is 5.91 Å². The summed E-state index contributed by atoms with van der Waals surface area (Å²) in [5.74, 6) is 3.16. The number of aromatic nitrogens is 1. The van der Waals surface area contributed by atoms with E-state index in [2.05, 4.69) is 16.2 Å². The normalized spacial score (nSPS) is 10.1. The Morgan fingerprint density at radius 3 is 2.92 bits per heavy atom. The van der Waals surface area contributed by atoms with Crippen LogP contribution < -0.4 is 5.32 Å². The van der Waals surface area contributed by atoms with Gasteiger partial charge in [-0.25, -0.2) is 4.98 Å². The van der Waals surface area contributed by atoms with Gasteiger partial charge in [0.05, 0.1) is 16.8 Å². The molecule has 0 unspecified atom stereocenters. The van der Waals surface area contributed by atoms with E-state index in [1.807, 2.05) is 53.4 Å². The summed E-state index contributed by atoms with van der Waals surface area (Å²) in [6.45, 7) is 0. The minimum Gasteiger partial charge on any atom is -0.322 e. The second-order valence-electron chi connectivity index (χ2n) is 4.94. The number of thiazole rings is 1. The third-order valence-electron chi connectivity index (χ3n) is 3.28. The van der Waals surface area contributed by atoms with Crippen molar-refractivity contribution in [2.24, 2.45) is 0 Å². The van der Waals surface area contributed by atoms with E-state index in [1.165, 1.54) is 0 Å². The molecule has 3 rings (SSSR count). The molecule has 0 aliphatic carbocycles. The first kappa shape index (κ1) is 16.3. The fraction of sp³-hybridized carbons (Fsp3) is 0.0526. The van der Waals surface area contributed by atoms with Crippen molar-refractivity contribution in [1.29, 1.82) is 0 Å². The average molecular weight is 350 g/mol. The number of terminal acetylenes is 1. The van der Waals surface area contributed by atoms with Gasteiger partial charge in [0.2, 0.25) is 0 Å². The van der Waals surface area contributed by atoms with E-state index in [4.69, 9.17) is 6.42 Å². The van der Waals surface area contributed by atoms with Crippen LogP contribution in [0.25, 0.3) is 0 Å². The maximum atomic E-state index is 12.6. The summed E-state index contributed by atoms with van der Waals surface area (Å²) >= 11 is 3.17. The molecule has 2 aromatic carbocycles. The molecule has 24 heavy (non-hydrogen) atoms. The molecule has 1 heterocycles. The molecule has 1 amide bonds. The molecule has 0 saturated carbocycles. The molecule has 0 radical (unpaired) electrons. The highest BCUT2D eigenvalue weighted by Gasteiger charge is 2.12. The van der Waals surface area contributed by atoms with Gasteiger partial charge < -0.3 is 5.32 Å². The van der Waals surface area contributed by atoms with Gasteiger partial charge in [0, 0.05) is 27.3 Å². The number of benzene rings is 2. The molecule has 0 fully saturated rings. The standard InChI is InChI=1S/C19H14N2OS2/c1-2-14-6-5-7-15(10-14)21-19(22)17-8-3-4-9-18(17)24-12-16-11-23-13-20-16/h1,3-11,13H,12H2,(H,21,22). The number of hydrogen-bond donors (Lipinski definition) is 1. The van der Waals surface area contributed by atoms with E-state index >= 15 is 0 Å². The van der Waals surface area contributed by atoms with Crippen LogP contribution >= 0.6 is 23.1 Å². The van der Waals surface area contributed by atoms with Gasteiger partial charge in [-0.3, -0.25) is 4.79 Å². The predicted molar refractivity (Wildman–Crippen MR) is 100 cm³/mol. The Balaban J connectivity index is 1.75. The van der Waals surface area contributed by atoms with E-state index in [1.54, 1.807) is 29.2 Å². The summed E-state index contributed by atoms with van der Waals surface area (Å²) in [4.78, 5) is 17.8. The lowest BCUT2D eigenvalue weighted by Gasteiger charge is -2.10. The zero-order valence-electron chi connectivity index (χ0n) is 12.7. The van der Waals surface area contributed by atoms with Crippen LogP contribution in [0.15, 0.2) is 64.3 Å². The lowest BCUT2D eigenvalue weighted by Crippen LogP contribution is -2.13. The Kier molecular flexibility index (Phi) is 5.32. The van der Waals surface area contributed by atoms with Crippen molar-refractivity contribution in [3.05, 3.63) is 76.2 Å². The number of nitrogens with zero attached hydrogens (tertiary/aromatic N) is 1. The van der Waals surface area contributed by atoms with Crippen LogP contribution in [0.2, 0.25) is 0 Å². The molecule has 0 bridgehead atoms. The van der Waals surface area contributed by atoms with Gasteiger partial charge >= 0.3 is 0 Å². The quantitative estimate of drug-likeness (QED) is 0.537. The summed E-state index contributed by atoms with van der Waals surface area (Å²) in [6, 6.07) is 14.8. The van der Waals surface area contributed by atoms with Crippen molar-refractivity contribution < 1.29 is 4.79 Å². The third kappa shape index (κ3) is 4.05. The third-order valence-corrected chi connectivity index (χ3v) is 5.02. The SMILES string of the molecule is C#Cc1cccc(NC(=O)c2ccccc2SCc2cscn2)c1. The van der Waals surface area contributed by atoms with Crippen molar-refractivity contribution in [2.45, 2.75) is 10.6 Å². The largest absolute Gasteiger partial charge is 0.322 e. The van der Waals surface area contributed by atoms with Gasteiger partial charge in [-0.1, -0.05) is 24.1 Å². The monoisotopic (exact) mass is 350 g/mol. The molecule has 0 aliphatic rings. The second kappa shape index (κ2) is 7.82. The molecule has 0 saturated heterocycles. The molecule has 3 aromatic rings. The lowest BCUT2D eigenvalue weighted by atomic mass is 10.2. The number of anilines is 1.